The summed E-state index contributed by atoms with van der Waals surface area (Å²) in [6, 6.07) is 7.02. The number of H-pyrrole nitrogens is 1. The lowest BCUT2D eigenvalue weighted by atomic mass is 10.1. The van der Waals surface area contributed by atoms with Crippen LogP contribution >= 0.6 is 11.6 Å². The van der Waals surface area contributed by atoms with Crippen molar-refractivity contribution in [2.75, 3.05) is 13.2 Å². The molecule has 5 atom stereocenters. The largest absolute Gasteiger partial charge is 0.479 e. The lowest BCUT2D eigenvalue weighted by molar-refractivity contribution is -0.165. The molecule has 0 aliphatic carbocycles. The molecule has 2 unspecified atom stereocenters. The second kappa shape index (κ2) is 14.5. The topological polar surface area (TPSA) is 241 Å². The molecule has 0 saturated carbocycles. The van der Waals surface area contributed by atoms with Gasteiger partial charge in [0.25, 0.3) is 5.56 Å². The van der Waals surface area contributed by atoms with Crippen LogP contribution in [0.3, 0.4) is 0 Å². The average molecular weight is 578 g/mol. The van der Waals surface area contributed by atoms with Gasteiger partial charge in [0.1, 0.15) is 18.9 Å². The summed E-state index contributed by atoms with van der Waals surface area (Å²) in [4.78, 5) is 56.1. The fraction of sp³-hybridized carbons (Fsp3) is 0.409. The number of aliphatic hydroxyl groups excluding tert-OH is 2. The van der Waals surface area contributed by atoms with Gasteiger partial charge in [-0.25, -0.2) is 14.4 Å². The molecule has 7 N–H and O–H groups in total. The molecule has 1 saturated heterocycles. The first-order valence-electron chi connectivity index (χ1n) is 11.0. The van der Waals surface area contributed by atoms with Crippen molar-refractivity contribution in [2.45, 2.75) is 43.7 Å². The molecule has 17 heteroatoms. The van der Waals surface area contributed by atoms with Crippen LogP contribution in [0.4, 0.5) is 4.39 Å². The summed E-state index contributed by atoms with van der Waals surface area (Å²) in [6.45, 7) is -0.233. The number of ether oxygens (including phenoxy) is 3. The monoisotopic (exact) mass is 577 g/mol. The van der Waals surface area contributed by atoms with E-state index in [-0.39, 0.29) is 26.2 Å². The van der Waals surface area contributed by atoms with Crippen LogP contribution in [0.1, 0.15) is 18.2 Å². The van der Waals surface area contributed by atoms with E-state index in [9.17, 15) is 28.4 Å². The molecule has 1 aliphatic rings. The van der Waals surface area contributed by atoms with Gasteiger partial charge in [0.2, 0.25) is 5.82 Å². The number of carboxylic acids is 2. The fourth-order valence-corrected chi connectivity index (χ4v) is 3.29. The maximum atomic E-state index is 13.6. The summed E-state index contributed by atoms with van der Waals surface area (Å²) < 4.78 is 31.2. The first-order chi connectivity index (χ1) is 18.3. The van der Waals surface area contributed by atoms with E-state index < -0.39 is 65.6 Å². The number of hydrogen-bond donors (Lipinski definition) is 6. The van der Waals surface area contributed by atoms with Crippen molar-refractivity contribution in [3.63, 3.8) is 0 Å². The molecule has 39 heavy (non-hydrogen) atoms. The highest BCUT2D eigenvalue weighted by Crippen LogP contribution is 2.31. The van der Waals surface area contributed by atoms with Gasteiger partial charge in [-0.15, -0.1) is 0 Å². The van der Waals surface area contributed by atoms with Crippen LogP contribution in [0.25, 0.3) is 0 Å². The third-order valence-electron chi connectivity index (χ3n) is 5.17. The number of esters is 1. The quantitative estimate of drug-likeness (QED) is 0.178. The number of rotatable bonds is 10. The molecule has 0 bridgehead atoms. The van der Waals surface area contributed by atoms with Gasteiger partial charge in [-0.05, 0) is 17.7 Å². The van der Waals surface area contributed by atoms with Crippen LogP contribution < -0.4 is 17.0 Å². The van der Waals surface area contributed by atoms with Gasteiger partial charge >= 0.3 is 23.6 Å². The molecule has 1 aromatic heterocycles. The average Bonchev–Trinajstić information content (AvgIpc) is 3.30. The number of hydrogen-bond acceptors (Lipinski definition) is 11. The van der Waals surface area contributed by atoms with Crippen LogP contribution in [0.2, 0.25) is 5.02 Å². The third kappa shape index (κ3) is 9.24. The summed E-state index contributed by atoms with van der Waals surface area (Å²) in [5, 5.41) is 33.1. The third-order valence-corrected chi connectivity index (χ3v) is 5.42. The Bertz CT molecular complexity index is 1250. The predicted octanol–water partition coefficient (Wildman–Crippen LogP) is -1.42. The van der Waals surface area contributed by atoms with Gasteiger partial charge < -0.3 is 40.4 Å². The molecular formula is C22H25ClFN3O12. The molecule has 15 nitrogen and oxygen atoms in total. The lowest BCUT2D eigenvalue weighted by Crippen LogP contribution is -2.39. The minimum absolute atomic E-state index is 0.154. The Balaban J connectivity index is 0.000000455. The molecule has 2 heterocycles. The van der Waals surface area contributed by atoms with Gasteiger partial charge in [-0.2, -0.15) is 4.39 Å². The molecule has 0 amide bonds. The standard InChI is InChI=1S/C18H19ClFN3O6.C4H6O6/c19-11-3-1-10(2-4-11)8-27-13-5-15(29-14(13)9-28-16(24)6-21)23-7-12(20)17(25)22-18(23)26;5-1(3(7)8)2(6)4(9)10/h1-4,7,13-15H,5-6,8-9,21H2,(H,22,25,26);1-2,5-6H,(H,7,8)(H,9,10)/t13-,14+,15+;/m0./s1. The second-order valence-corrected chi connectivity index (χ2v) is 8.37. The fourth-order valence-electron chi connectivity index (χ4n) is 3.16. The number of carboxylic acid groups (broad SMARTS) is 2. The molecule has 2 aromatic rings. The zero-order valence-corrected chi connectivity index (χ0v) is 20.7. The number of nitrogens with two attached hydrogens (primary N) is 1. The van der Waals surface area contributed by atoms with Crippen LogP contribution in [-0.2, 0) is 35.2 Å². The minimum atomic E-state index is -2.27. The van der Waals surface area contributed by atoms with Crippen LogP contribution in [0.5, 0.6) is 0 Å². The number of carbonyl (C=O) groups excluding carboxylic acids is 1. The number of aromatic amines is 1. The van der Waals surface area contributed by atoms with E-state index in [4.69, 9.17) is 52.0 Å². The predicted molar refractivity (Wildman–Crippen MR) is 127 cm³/mol. The molecule has 1 aliphatic heterocycles. The van der Waals surface area contributed by atoms with Crippen molar-refractivity contribution in [1.29, 1.82) is 0 Å². The Hall–Kier alpha value is -3.67. The van der Waals surface area contributed by atoms with E-state index in [1.807, 2.05) is 4.98 Å². The summed E-state index contributed by atoms with van der Waals surface area (Å²) in [5.41, 5.74) is 4.14. The minimum Gasteiger partial charge on any atom is -0.479 e. The maximum Gasteiger partial charge on any atom is 0.335 e. The van der Waals surface area contributed by atoms with Gasteiger partial charge in [-0.1, -0.05) is 23.7 Å². The number of nitrogens with one attached hydrogen (secondary N) is 1. The smallest absolute Gasteiger partial charge is 0.335 e. The van der Waals surface area contributed by atoms with Gasteiger partial charge in [0.05, 0.1) is 25.5 Å². The van der Waals surface area contributed by atoms with E-state index in [1.165, 1.54) is 0 Å². The maximum absolute atomic E-state index is 13.6. The Morgan fingerprint density at radius 3 is 2.28 bits per heavy atom. The Morgan fingerprint density at radius 1 is 1.15 bits per heavy atom. The van der Waals surface area contributed by atoms with Crippen molar-refractivity contribution in [2.24, 2.45) is 5.73 Å². The molecule has 214 valence electrons. The number of aliphatic hydroxyl groups is 2. The van der Waals surface area contributed by atoms with Crippen molar-refractivity contribution in [3.8, 4) is 0 Å². The summed E-state index contributed by atoms with van der Waals surface area (Å²) in [6.07, 6.45) is -5.78. The number of nitrogens with zero attached hydrogens (tertiary/aromatic N) is 1. The van der Waals surface area contributed by atoms with E-state index >= 15 is 0 Å². The molecule has 0 radical (unpaired) electrons. The highest BCUT2D eigenvalue weighted by molar-refractivity contribution is 6.30. The number of halogens is 2. The van der Waals surface area contributed by atoms with E-state index in [2.05, 4.69) is 0 Å². The SMILES string of the molecule is NCC(=O)OC[C@H]1O[C@@H](n2cc(F)c(=O)[nH]c2=O)C[C@@H]1OCc1ccc(Cl)cc1.O=C(O)C(O)C(O)C(=O)O. The number of aromatic nitrogens is 2. The van der Waals surface area contributed by atoms with Gasteiger partial charge in [0, 0.05) is 11.4 Å². The van der Waals surface area contributed by atoms with Crippen molar-refractivity contribution in [1.82, 2.24) is 9.55 Å². The summed E-state index contributed by atoms with van der Waals surface area (Å²) in [7, 11) is 0. The van der Waals surface area contributed by atoms with E-state index in [0.717, 1.165) is 16.3 Å². The number of carbonyl (C=O) groups is 3. The number of aliphatic carboxylic acids is 2. The molecule has 3 rings (SSSR count). The molecule has 1 fully saturated rings. The van der Waals surface area contributed by atoms with Gasteiger partial charge in [0.15, 0.2) is 12.2 Å². The first-order valence-corrected chi connectivity index (χ1v) is 11.4. The van der Waals surface area contributed by atoms with Crippen molar-refractivity contribution in [3.05, 3.63) is 67.7 Å². The zero-order chi connectivity index (χ0) is 29.3. The van der Waals surface area contributed by atoms with Crippen molar-refractivity contribution < 1.29 is 53.4 Å². The Labute approximate surface area is 223 Å². The zero-order valence-electron chi connectivity index (χ0n) is 19.9. The number of benzene rings is 1. The highest BCUT2D eigenvalue weighted by Gasteiger charge is 2.38. The summed E-state index contributed by atoms with van der Waals surface area (Å²) >= 11 is 5.86. The Morgan fingerprint density at radius 2 is 1.74 bits per heavy atom. The lowest BCUT2D eigenvalue weighted by Gasteiger charge is -2.19. The molecule has 0 spiro atoms. The van der Waals surface area contributed by atoms with Crippen molar-refractivity contribution >= 4 is 29.5 Å². The van der Waals surface area contributed by atoms with E-state index in [0.29, 0.717) is 5.02 Å². The van der Waals surface area contributed by atoms with Crippen LogP contribution in [0.15, 0.2) is 40.1 Å². The second-order valence-electron chi connectivity index (χ2n) is 7.94. The van der Waals surface area contributed by atoms with Gasteiger partial charge in [-0.3, -0.25) is 19.1 Å². The normalized spacial score (nSPS) is 19.9. The highest BCUT2D eigenvalue weighted by atomic mass is 35.5. The van der Waals surface area contributed by atoms with Crippen LogP contribution in [0, 0.1) is 5.82 Å². The van der Waals surface area contributed by atoms with E-state index in [1.54, 1.807) is 24.3 Å². The molecule has 1 aromatic carbocycles. The Kier molecular flexibility index (Phi) is 11.7. The molecular weight excluding hydrogens is 553 g/mol. The first kappa shape index (κ1) is 31.5. The summed E-state index contributed by atoms with van der Waals surface area (Å²) in [5.74, 6) is -5.28. The van der Waals surface area contributed by atoms with Crippen LogP contribution in [-0.4, -0.2) is 85.5 Å².